The highest BCUT2D eigenvalue weighted by Gasteiger charge is 2.57. The second-order valence-corrected chi connectivity index (χ2v) is 13.2. The summed E-state index contributed by atoms with van der Waals surface area (Å²) < 4.78 is 40.7. The quantitative estimate of drug-likeness (QED) is 0.270. The molecule has 6 rings (SSSR count). The Balaban J connectivity index is 1.48. The van der Waals surface area contributed by atoms with Gasteiger partial charge in [-0.1, -0.05) is 18.2 Å². The Labute approximate surface area is 275 Å². The molecule has 4 aromatic rings. The molecule has 0 aliphatic carbocycles. The molecule has 3 aromatic carbocycles. The van der Waals surface area contributed by atoms with Crippen molar-refractivity contribution in [1.29, 1.82) is 5.26 Å². The van der Waals surface area contributed by atoms with Crippen molar-refractivity contribution in [2.75, 3.05) is 56.1 Å². The Bertz CT molecular complexity index is 1940. The molecule has 11 nitrogen and oxygen atoms in total. The summed E-state index contributed by atoms with van der Waals surface area (Å²) in [5, 5.41) is 13.3. The molecule has 0 bridgehead atoms. The number of nitriles is 1. The predicted molar refractivity (Wildman–Crippen MR) is 178 cm³/mol. The summed E-state index contributed by atoms with van der Waals surface area (Å²) >= 11 is 0. The highest BCUT2D eigenvalue weighted by atomic mass is 32.2. The van der Waals surface area contributed by atoms with Gasteiger partial charge in [-0.05, 0) is 74.1 Å². The van der Waals surface area contributed by atoms with Crippen LogP contribution in [0.15, 0.2) is 90.0 Å². The zero-order valence-electron chi connectivity index (χ0n) is 26.5. The maximum Gasteiger partial charge on any atom is 0.271 e. The first-order valence-corrected chi connectivity index (χ1v) is 16.8. The maximum absolute atomic E-state index is 15.0. The van der Waals surface area contributed by atoms with Crippen LogP contribution in [-0.2, 0) is 26.9 Å². The van der Waals surface area contributed by atoms with Gasteiger partial charge in [0.2, 0.25) is 5.88 Å². The lowest BCUT2D eigenvalue weighted by atomic mass is 9.83. The number of amides is 1. The first-order chi connectivity index (χ1) is 22.7. The average molecular weight is 653 g/mol. The number of nitrogens with one attached hydrogen (secondary N) is 1. The fourth-order valence-electron chi connectivity index (χ4n) is 6.14. The Hall–Kier alpha value is -4.96. The van der Waals surface area contributed by atoms with Crippen molar-refractivity contribution in [1.82, 2.24) is 15.2 Å². The molecule has 12 heteroatoms. The zero-order valence-corrected chi connectivity index (χ0v) is 27.3. The molecular weight excluding hydrogens is 616 g/mol. The van der Waals surface area contributed by atoms with Gasteiger partial charge in [0.1, 0.15) is 5.75 Å². The van der Waals surface area contributed by atoms with Gasteiger partial charge in [0.25, 0.3) is 15.9 Å². The van der Waals surface area contributed by atoms with E-state index in [-0.39, 0.29) is 35.2 Å². The molecule has 1 saturated heterocycles. The van der Waals surface area contributed by atoms with E-state index in [0.717, 1.165) is 41.7 Å². The number of benzene rings is 3. The van der Waals surface area contributed by atoms with Crippen molar-refractivity contribution in [3.63, 3.8) is 0 Å². The molecule has 0 spiro atoms. The fraction of sp³-hybridized carbons (Fsp3) is 0.286. The second-order valence-electron chi connectivity index (χ2n) is 11.4. The van der Waals surface area contributed by atoms with Gasteiger partial charge in [-0.15, -0.1) is 0 Å². The highest BCUT2D eigenvalue weighted by Crippen LogP contribution is 2.49. The van der Waals surface area contributed by atoms with Crippen LogP contribution in [0, 0.1) is 11.3 Å². The molecule has 3 heterocycles. The molecule has 1 amide bonds. The van der Waals surface area contributed by atoms with Crippen molar-refractivity contribution < 1.29 is 22.7 Å². The number of rotatable bonds is 10. The van der Waals surface area contributed by atoms with Crippen molar-refractivity contribution in [2.24, 2.45) is 0 Å². The largest absolute Gasteiger partial charge is 0.497 e. The number of ether oxygens (including phenoxy) is 2. The topological polar surface area (TPSA) is 128 Å². The highest BCUT2D eigenvalue weighted by molar-refractivity contribution is 7.93. The molecule has 242 valence electrons. The average Bonchev–Trinajstić information content (AvgIpc) is 3.36. The van der Waals surface area contributed by atoms with Gasteiger partial charge >= 0.3 is 0 Å². The predicted octanol–water partition coefficient (Wildman–Crippen LogP) is 3.88. The van der Waals surface area contributed by atoms with Gasteiger partial charge in [-0.3, -0.25) is 10.1 Å². The minimum Gasteiger partial charge on any atom is -0.497 e. The smallest absolute Gasteiger partial charge is 0.271 e. The number of pyridine rings is 1. The van der Waals surface area contributed by atoms with Crippen LogP contribution < -0.4 is 24.0 Å². The first kappa shape index (κ1) is 32.0. The van der Waals surface area contributed by atoms with Gasteiger partial charge in [0.05, 0.1) is 35.9 Å². The van der Waals surface area contributed by atoms with Crippen molar-refractivity contribution in [3.05, 3.63) is 107 Å². The SMILES string of the molecule is CCOc1ncccc1C1(NCc2ccc(N3CCN(C)CC3)cc2)C(=O)N(S(=O)(=O)c2cccc(OC)c2)c2ccc(C#N)cc21. The minimum absolute atomic E-state index is 0.118. The van der Waals surface area contributed by atoms with Gasteiger partial charge in [0, 0.05) is 61.8 Å². The van der Waals surface area contributed by atoms with Crippen molar-refractivity contribution in [3.8, 4) is 17.7 Å². The van der Waals surface area contributed by atoms with Crippen LogP contribution >= 0.6 is 0 Å². The number of fused-ring (bicyclic) bond motifs is 1. The normalized spacial score (nSPS) is 18.1. The number of nitrogens with zero attached hydrogens (tertiary/aromatic N) is 5. The van der Waals surface area contributed by atoms with E-state index in [1.807, 2.05) is 12.1 Å². The van der Waals surface area contributed by atoms with Crippen LogP contribution in [0.5, 0.6) is 11.6 Å². The summed E-state index contributed by atoms with van der Waals surface area (Å²) in [5.74, 6) is -0.267. The maximum atomic E-state index is 15.0. The summed E-state index contributed by atoms with van der Waals surface area (Å²) in [7, 11) is -0.894. The number of anilines is 2. The van der Waals surface area contributed by atoms with E-state index in [9.17, 15) is 18.5 Å². The number of likely N-dealkylation sites (N-methyl/N-ethyl adjacent to an activating group) is 1. The van der Waals surface area contributed by atoms with E-state index in [0.29, 0.717) is 16.9 Å². The van der Waals surface area contributed by atoms with E-state index in [1.54, 1.807) is 43.5 Å². The summed E-state index contributed by atoms with van der Waals surface area (Å²) in [6.07, 6.45) is 1.55. The number of carbonyl (C=O) groups is 1. The van der Waals surface area contributed by atoms with Crippen molar-refractivity contribution >= 4 is 27.3 Å². The van der Waals surface area contributed by atoms with Gasteiger partial charge in [-0.2, -0.15) is 5.26 Å². The molecule has 1 atom stereocenters. The number of carbonyl (C=O) groups excluding carboxylic acids is 1. The summed E-state index contributed by atoms with van der Waals surface area (Å²) in [6.45, 7) is 6.10. The third-order valence-electron chi connectivity index (χ3n) is 8.65. The molecule has 2 aliphatic heterocycles. The van der Waals surface area contributed by atoms with Gasteiger partial charge in [0.15, 0.2) is 5.54 Å². The lowest BCUT2D eigenvalue weighted by Crippen LogP contribution is -2.52. The molecule has 2 aliphatic rings. The minimum atomic E-state index is -4.45. The monoisotopic (exact) mass is 652 g/mol. The third kappa shape index (κ3) is 5.78. The standard InChI is InChI=1S/C35H36N6O5S/c1-4-46-33-30(9-6-16-37-33)35(38-24-25-10-13-27(14-11-25)40-19-17-39(2)18-20-40)31-21-26(23-36)12-15-32(31)41(34(35)42)47(43,44)29-8-5-7-28(22-29)45-3/h5-16,21-22,38H,4,17-20,24H2,1-3H3. The van der Waals surface area contributed by atoms with Crippen molar-refractivity contribution in [2.45, 2.75) is 23.9 Å². The van der Waals surface area contributed by atoms with E-state index < -0.39 is 21.5 Å². The van der Waals surface area contributed by atoms with E-state index >= 15 is 0 Å². The Morgan fingerprint density at radius 3 is 2.45 bits per heavy atom. The molecule has 47 heavy (non-hydrogen) atoms. The van der Waals surface area contributed by atoms with Crippen LogP contribution in [0.3, 0.4) is 0 Å². The van der Waals surface area contributed by atoms with Gasteiger partial charge < -0.3 is 19.3 Å². The lowest BCUT2D eigenvalue weighted by Gasteiger charge is -2.34. The number of piperazine rings is 1. The number of methoxy groups -OCH3 is 1. The molecule has 0 saturated carbocycles. The lowest BCUT2D eigenvalue weighted by molar-refractivity contribution is -0.121. The molecule has 1 N–H and O–H groups in total. The Kier molecular flexibility index (Phi) is 8.88. The van der Waals surface area contributed by atoms with Gasteiger partial charge in [-0.25, -0.2) is 17.7 Å². The fourth-order valence-corrected chi connectivity index (χ4v) is 7.64. The third-order valence-corrected chi connectivity index (χ3v) is 10.3. The van der Waals surface area contributed by atoms with Crippen LogP contribution in [0.1, 0.15) is 29.2 Å². The molecule has 1 fully saturated rings. The number of hydrogen-bond donors (Lipinski definition) is 1. The summed E-state index contributed by atoms with van der Waals surface area (Å²) in [6, 6.07) is 24.1. The number of hydrogen-bond acceptors (Lipinski definition) is 10. The summed E-state index contributed by atoms with van der Waals surface area (Å²) in [5.41, 5.74) is 1.24. The Morgan fingerprint density at radius 1 is 0.979 bits per heavy atom. The van der Waals surface area contributed by atoms with E-state index in [1.165, 1.54) is 31.4 Å². The number of sulfonamides is 1. The first-order valence-electron chi connectivity index (χ1n) is 15.4. The van der Waals surface area contributed by atoms with Crippen LogP contribution in [0.4, 0.5) is 11.4 Å². The van der Waals surface area contributed by atoms with Crippen LogP contribution in [0.25, 0.3) is 0 Å². The van der Waals surface area contributed by atoms with E-state index in [4.69, 9.17) is 9.47 Å². The summed E-state index contributed by atoms with van der Waals surface area (Å²) in [4.78, 5) is 23.9. The Morgan fingerprint density at radius 2 is 1.74 bits per heavy atom. The molecule has 1 unspecified atom stereocenters. The molecular formula is C35H36N6O5S. The van der Waals surface area contributed by atoms with Crippen LogP contribution in [0.2, 0.25) is 0 Å². The molecule has 0 radical (unpaired) electrons. The zero-order chi connectivity index (χ0) is 33.2. The number of aromatic nitrogens is 1. The van der Waals surface area contributed by atoms with E-state index in [2.05, 4.69) is 45.4 Å². The second kappa shape index (κ2) is 13.0. The van der Waals surface area contributed by atoms with Crippen LogP contribution in [-0.4, -0.2) is 71.2 Å². The molecule has 1 aromatic heterocycles.